The molecule has 0 fully saturated rings. The van der Waals surface area contributed by atoms with E-state index in [1.165, 1.54) is 0 Å². The van der Waals surface area contributed by atoms with Gasteiger partial charge < -0.3 is 4.55 Å². The third kappa shape index (κ3) is 2.72. The third-order valence-electron chi connectivity index (χ3n) is 2.91. The van der Waals surface area contributed by atoms with Crippen LogP contribution in [-0.4, -0.2) is 9.54 Å². The van der Waals surface area contributed by atoms with E-state index in [1.54, 1.807) is 36.7 Å². The fourth-order valence-electron chi connectivity index (χ4n) is 1.92. The number of nitrogens with zero attached hydrogens (tertiary/aromatic N) is 1. The molecule has 5 heteroatoms. The Kier molecular flexibility index (Phi) is 3.78. The fraction of sp³-hybridized carbons (Fsp3) is 0. The van der Waals surface area contributed by atoms with Crippen molar-refractivity contribution in [1.82, 2.24) is 4.98 Å². The number of anilines is 1. The molecule has 0 bridgehead atoms. The van der Waals surface area contributed by atoms with Crippen LogP contribution in [0.15, 0.2) is 65.8 Å². The van der Waals surface area contributed by atoms with Crippen LogP contribution in [0.4, 0.5) is 5.69 Å². The van der Waals surface area contributed by atoms with Gasteiger partial charge in [0.2, 0.25) is 0 Å². The first-order chi connectivity index (χ1) is 9.74. The summed E-state index contributed by atoms with van der Waals surface area (Å²) in [6, 6.07) is 14.7. The Morgan fingerprint density at radius 3 is 2.65 bits per heavy atom. The van der Waals surface area contributed by atoms with Gasteiger partial charge in [-0.3, -0.25) is 4.98 Å². The lowest BCUT2D eigenvalue weighted by molar-refractivity contribution is 0.600. The number of fused-ring (bicyclic) bond motifs is 1. The Hall–Kier alpha value is -1.75. The maximum absolute atomic E-state index is 12.3. The van der Waals surface area contributed by atoms with Gasteiger partial charge in [-0.25, -0.2) is 4.72 Å². The van der Waals surface area contributed by atoms with Crippen LogP contribution >= 0.6 is 11.6 Å². The van der Waals surface area contributed by atoms with Crippen LogP contribution in [0.3, 0.4) is 0 Å². The van der Waals surface area contributed by atoms with E-state index in [-0.39, 0.29) is 0 Å². The fourth-order valence-corrected chi connectivity index (χ4v) is 2.92. The average molecular weight is 303 g/mol. The molecule has 1 unspecified atom stereocenters. The summed E-state index contributed by atoms with van der Waals surface area (Å²) in [7, 11) is 0. The monoisotopic (exact) mass is 302 g/mol. The van der Waals surface area contributed by atoms with Crippen LogP contribution in [0.2, 0.25) is 5.02 Å². The molecule has 1 N–H and O–H groups in total. The van der Waals surface area contributed by atoms with E-state index in [0.717, 1.165) is 16.5 Å². The zero-order chi connectivity index (χ0) is 13.9. The van der Waals surface area contributed by atoms with Crippen molar-refractivity contribution in [2.45, 2.75) is 4.90 Å². The van der Waals surface area contributed by atoms with Crippen molar-refractivity contribution in [2.75, 3.05) is 4.72 Å². The number of benzene rings is 2. The minimum absolute atomic E-state index is 0.625. The summed E-state index contributed by atoms with van der Waals surface area (Å²) >= 11 is 4.49. The number of aromatic nitrogens is 1. The molecule has 3 aromatic rings. The third-order valence-corrected chi connectivity index (χ3v) is 4.27. The lowest BCUT2D eigenvalue weighted by Crippen LogP contribution is -2.13. The molecule has 1 aromatic heterocycles. The molecule has 0 amide bonds. The van der Waals surface area contributed by atoms with Gasteiger partial charge in [-0.1, -0.05) is 23.7 Å². The summed E-state index contributed by atoms with van der Waals surface area (Å²) in [6.07, 6.45) is 3.50. The summed E-state index contributed by atoms with van der Waals surface area (Å²) in [5.74, 6) is 0. The van der Waals surface area contributed by atoms with Crippen molar-refractivity contribution in [3.8, 4) is 0 Å². The van der Waals surface area contributed by atoms with Crippen molar-refractivity contribution < 1.29 is 4.55 Å². The lowest BCUT2D eigenvalue weighted by atomic mass is 10.1. The predicted molar refractivity (Wildman–Crippen MR) is 83.2 cm³/mol. The number of hydrogen-bond donors (Lipinski definition) is 1. The molecule has 0 aliphatic rings. The molecule has 0 saturated heterocycles. The number of rotatable bonds is 3. The Labute approximate surface area is 124 Å². The molecular formula is C15H11ClN2OS. The van der Waals surface area contributed by atoms with Gasteiger partial charge in [0, 0.05) is 22.8 Å². The summed E-state index contributed by atoms with van der Waals surface area (Å²) in [4.78, 5) is 4.78. The van der Waals surface area contributed by atoms with E-state index in [9.17, 15) is 4.55 Å². The second-order valence-electron chi connectivity index (χ2n) is 4.23. The van der Waals surface area contributed by atoms with Crippen molar-refractivity contribution in [3.05, 3.63) is 65.9 Å². The van der Waals surface area contributed by atoms with Gasteiger partial charge in [0.1, 0.15) is 11.4 Å². The number of nitrogens with one attached hydrogen (secondary N) is 1. The molecular weight excluding hydrogens is 292 g/mol. The van der Waals surface area contributed by atoms with Crippen LogP contribution in [0.5, 0.6) is 0 Å². The van der Waals surface area contributed by atoms with Crippen molar-refractivity contribution in [2.24, 2.45) is 0 Å². The summed E-state index contributed by atoms with van der Waals surface area (Å²) in [6.45, 7) is 0. The summed E-state index contributed by atoms with van der Waals surface area (Å²) < 4.78 is 15.3. The quantitative estimate of drug-likeness (QED) is 0.743. The zero-order valence-corrected chi connectivity index (χ0v) is 12.0. The minimum atomic E-state index is -1.34. The van der Waals surface area contributed by atoms with E-state index in [2.05, 4.69) is 9.71 Å². The molecule has 1 heterocycles. The minimum Gasteiger partial charge on any atom is -0.588 e. The van der Waals surface area contributed by atoms with Crippen LogP contribution in [-0.2, 0) is 11.4 Å². The second kappa shape index (κ2) is 5.71. The van der Waals surface area contributed by atoms with Crippen LogP contribution in [0, 0.1) is 0 Å². The van der Waals surface area contributed by atoms with E-state index in [0.29, 0.717) is 9.92 Å². The van der Waals surface area contributed by atoms with E-state index in [4.69, 9.17) is 11.6 Å². The first-order valence-electron chi connectivity index (χ1n) is 6.01. The highest BCUT2D eigenvalue weighted by atomic mass is 35.5. The maximum atomic E-state index is 12.3. The second-order valence-corrected chi connectivity index (χ2v) is 5.88. The molecule has 0 aliphatic heterocycles. The zero-order valence-electron chi connectivity index (χ0n) is 10.4. The molecule has 0 saturated carbocycles. The molecule has 3 nitrogen and oxygen atoms in total. The van der Waals surface area contributed by atoms with E-state index < -0.39 is 11.4 Å². The number of hydrogen-bond acceptors (Lipinski definition) is 3. The first-order valence-corrected chi connectivity index (χ1v) is 7.53. The average Bonchev–Trinajstić information content (AvgIpc) is 2.48. The van der Waals surface area contributed by atoms with Crippen molar-refractivity contribution in [3.63, 3.8) is 0 Å². The largest absolute Gasteiger partial charge is 0.588 e. The van der Waals surface area contributed by atoms with Gasteiger partial charge in [0.05, 0.1) is 5.69 Å². The van der Waals surface area contributed by atoms with E-state index >= 15 is 0 Å². The SMILES string of the molecule is [O-][S+](Nc1cccc2ccncc12)c1ccc(Cl)cc1. The Morgan fingerprint density at radius 2 is 1.85 bits per heavy atom. The standard InChI is InChI=1S/C15H11ClN2OS/c16-12-4-6-13(7-5-12)20(19)18-15-3-1-2-11-8-9-17-10-14(11)15/h1-10,18H. The number of halogens is 1. The smallest absolute Gasteiger partial charge is 0.180 e. The molecule has 100 valence electrons. The molecule has 0 aliphatic carbocycles. The Bertz CT molecular complexity index is 728. The Morgan fingerprint density at radius 1 is 1.05 bits per heavy atom. The summed E-state index contributed by atoms with van der Waals surface area (Å²) in [5, 5.41) is 2.62. The highest BCUT2D eigenvalue weighted by Crippen LogP contribution is 2.25. The molecule has 3 rings (SSSR count). The van der Waals surface area contributed by atoms with Gasteiger partial charge in [-0.15, -0.1) is 0 Å². The highest BCUT2D eigenvalue weighted by Gasteiger charge is 2.13. The number of pyridine rings is 1. The van der Waals surface area contributed by atoms with Crippen molar-refractivity contribution >= 4 is 39.4 Å². The Balaban J connectivity index is 1.91. The molecule has 20 heavy (non-hydrogen) atoms. The van der Waals surface area contributed by atoms with Gasteiger partial charge in [-0.2, -0.15) is 0 Å². The van der Waals surface area contributed by atoms with E-state index in [1.807, 2.05) is 24.3 Å². The van der Waals surface area contributed by atoms with Crippen LogP contribution in [0.25, 0.3) is 10.8 Å². The lowest BCUT2D eigenvalue weighted by Gasteiger charge is -2.13. The molecule has 0 spiro atoms. The van der Waals surface area contributed by atoms with Gasteiger partial charge in [0.25, 0.3) is 0 Å². The van der Waals surface area contributed by atoms with Gasteiger partial charge >= 0.3 is 0 Å². The predicted octanol–water partition coefficient (Wildman–Crippen LogP) is 4.02. The van der Waals surface area contributed by atoms with Crippen molar-refractivity contribution in [1.29, 1.82) is 0 Å². The molecule has 0 radical (unpaired) electrons. The highest BCUT2D eigenvalue weighted by molar-refractivity contribution is 7.92. The normalized spacial score (nSPS) is 12.3. The van der Waals surface area contributed by atoms with Gasteiger partial charge in [0.15, 0.2) is 4.90 Å². The van der Waals surface area contributed by atoms with Gasteiger partial charge in [-0.05, 0) is 41.8 Å². The van der Waals surface area contributed by atoms with Crippen LogP contribution < -0.4 is 4.72 Å². The van der Waals surface area contributed by atoms with Crippen LogP contribution in [0.1, 0.15) is 0 Å². The molecule has 2 aromatic carbocycles. The summed E-state index contributed by atoms with van der Waals surface area (Å²) in [5.41, 5.74) is 0.795. The first kappa shape index (κ1) is 13.2. The molecule has 1 atom stereocenters. The topological polar surface area (TPSA) is 48.0 Å². The maximum Gasteiger partial charge on any atom is 0.180 e.